The predicted octanol–water partition coefficient (Wildman–Crippen LogP) is 4.26. The molecule has 1 amide bonds. The number of anilines is 1. The second-order valence-electron chi connectivity index (χ2n) is 6.09. The molecule has 6 nitrogen and oxygen atoms in total. The van der Waals surface area contributed by atoms with Gasteiger partial charge >= 0.3 is 0 Å². The Balaban J connectivity index is 1.50. The summed E-state index contributed by atoms with van der Waals surface area (Å²) in [5, 5.41) is 3.18. The number of ether oxygens (including phenoxy) is 2. The lowest BCUT2D eigenvalue weighted by Gasteiger charge is -2.20. The zero-order valence-electron chi connectivity index (χ0n) is 14.6. The van der Waals surface area contributed by atoms with E-state index in [1.165, 1.54) is 0 Å². The van der Waals surface area contributed by atoms with Gasteiger partial charge in [-0.1, -0.05) is 29.8 Å². The van der Waals surface area contributed by atoms with Crippen LogP contribution >= 0.6 is 11.6 Å². The van der Waals surface area contributed by atoms with Crippen LogP contribution in [-0.4, -0.2) is 24.1 Å². The number of carbonyl (C=O) groups is 1. The molecule has 0 saturated carbocycles. The number of benzene rings is 2. The fourth-order valence-electron chi connectivity index (χ4n) is 2.80. The first-order valence-electron chi connectivity index (χ1n) is 8.51. The molecule has 3 aromatic rings. The SMILES string of the molecule is Cc1oc(-c2ccccc2)nc1CC(=O)Nc1cc2c(cc1Cl)OCCO2. The molecule has 1 aliphatic rings. The van der Waals surface area contributed by atoms with Gasteiger partial charge in [0.2, 0.25) is 11.8 Å². The summed E-state index contributed by atoms with van der Waals surface area (Å²) >= 11 is 6.24. The Morgan fingerprint density at radius 1 is 1.15 bits per heavy atom. The molecule has 1 aliphatic heterocycles. The standard InChI is InChI=1S/C20H17ClN2O4/c1-12-15(23-20(27-12)13-5-3-2-4-6-13)11-19(24)22-16-10-18-17(9-14(16)21)25-7-8-26-18/h2-6,9-10H,7-8,11H2,1H3,(H,22,24). The molecular weight excluding hydrogens is 368 g/mol. The van der Waals surface area contributed by atoms with E-state index in [1.807, 2.05) is 30.3 Å². The van der Waals surface area contributed by atoms with E-state index in [0.717, 1.165) is 5.56 Å². The zero-order valence-corrected chi connectivity index (χ0v) is 15.4. The summed E-state index contributed by atoms with van der Waals surface area (Å²) in [4.78, 5) is 16.9. The Hall–Kier alpha value is -2.99. The third-order valence-corrected chi connectivity index (χ3v) is 4.46. The molecule has 0 aliphatic carbocycles. The van der Waals surface area contributed by atoms with Gasteiger partial charge in [0.25, 0.3) is 0 Å². The normalized spacial score (nSPS) is 12.7. The van der Waals surface area contributed by atoms with Gasteiger partial charge in [0.1, 0.15) is 19.0 Å². The average Bonchev–Trinajstić information content (AvgIpc) is 3.03. The van der Waals surface area contributed by atoms with E-state index in [1.54, 1.807) is 19.1 Å². The minimum absolute atomic E-state index is 0.0763. The van der Waals surface area contributed by atoms with E-state index in [9.17, 15) is 4.79 Å². The molecule has 1 aromatic heterocycles. The third-order valence-electron chi connectivity index (χ3n) is 4.15. The van der Waals surface area contributed by atoms with Gasteiger partial charge in [-0.3, -0.25) is 4.79 Å². The van der Waals surface area contributed by atoms with Crippen molar-refractivity contribution < 1.29 is 18.7 Å². The minimum Gasteiger partial charge on any atom is -0.486 e. The molecule has 0 bridgehead atoms. The van der Waals surface area contributed by atoms with Crippen molar-refractivity contribution in [3.63, 3.8) is 0 Å². The summed E-state index contributed by atoms with van der Waals surface area (Å²) < 4.78 is 16.7. The third kappa shape index (κ3) is 3.75. The van der Waals surface area contributed by atoms with Crippen molar-refractivity contribution in [1.29, 1.82) is 0 Å². The Morgan fingerprint density at radius 2 is 1.85 bits per heavy atom. The van der Waals surface area contributed by atoms with Gasteiger partial charge in [-0.25, -0.2) is 4.98 Å². The van der Waals surface area contributed by atoms with Crippen LogP contribution in [0, 0.1) is 6.92 Å². The molecule has 0 radical (unpaired) electrons. The van der Waals surface area contributed by atoms with E-state index in [0.29, 0.717) is 52.8 Å². The van der Waals surface area contributed by atoms with Crippen molar-refractivity contribution in [1.82, 2.24) is 4.98 Å². The van der Waals surface area contributed by atoms with Crippen LogP contribution in [0.15, 0.2) is 46.9 Å². The number of hydrogen-bond donors (Lipinski definition) is 1. The maximum Gasteiger partial charge on any atom is 0.230 e. The van der Waals surface area contributed by atoms with Crippen molar-refractivity contribution in [2.45, 2.75) is 13.3 Å². The average molecular weight is 385 g/mol. The summed E-state index contributed by atoms with van der Waals surface area (Å²) in [6.45, 7) is 2.73. The number of oxazole rings is 1. The quantitative estimate of drug-likeness (QED) is 0.727. The monoisotopic (exact) mass is 384 g/mol. The molecule has 27 heavy (non-hydrogen) atoms. The molecule has 2 heterocycles. The van der Waals surface area contributed by atoms with Crippen molar-refractivity contribution >= 4 is 23.2 Å². The van der Waals surface area contributed by atoms with Crippen LogP contribution < -0.4 is 14.8 Å². The molecule has 0 atom stereocenters. The molecule has 0 unspecified atom stereocenters. The highest BCUT2D eigenvalue weighted by molar-refractivity contribution is 6.34. The van der Waals surface area contributed by atoms with Crippen LogP contribution in [0.1, 0.15) is 11.5 Å². The number of hydrogen-bond acceptors (Lipinski definition) is 5. The maximum absolute atomic E-state index is 12.5. The Bertz CT molecular complexity index is 985. The number of halogens is 1. The fraction of sp³-hybridized carbons (Fsp3) is 0.200. The number of amides is 1. The largest absolute Gasteiger partial charge is 0.486 e. The van der Waals surface area contributed by atoms with E-state index in [4.69, 9.17) is 25.5 Å². The van der Waals surface area contributed by atoms with Crippen LogP contribution in [0.2, 0.25) is 5.02 Å². The molecule has 0 fully saturated rings. The fourth-order valence-corrected chi connectivity index (χ4v) is 3.00. The lowest BCUT2D eigenvalue weighted by Crippen LogP contribution is -2.18. The van der Waals surface area contributed by atoms with Gasteiger partial charge in [-0.15, -0.1) is 0 Å². The van der Waals surface area contributed by atoms with Gasteiger partial charge < -0.3 is 19.2 Å². The molecule has 138 valence electrons. The summed E-state index contributed by atoms with van der Waals surface area (Å²) in [6.07, 6.45) is 0.0763. The van der Waals surface area contributed by atoms with Gasteiger partial charge in [-0.2, -0.15) is 0 Å². The molecule has 0 spiro atoms. The van der Waals surface area contributed by atoms with Crippen molar-refractivity contribution in [3.05, 3.63) is 58.9 Å². The lowest BCUT2D eigenvalue weighted by atomic mass is 10.2. The Morgan fingerprint density at radius 3 is 2.59 bits per heavy atom. The molecular formula is C20H17ClN2O4. The molecule has 0 saturated heterocycles. The molecule has 2 aromatic carbocycles. The Kier molecular flexibility index (Phi) is 4.73. The lowest BCUT2D eigenvalue weighted by molar-refractivity contribution is -0.115. The van der Waals surface area contributed by atoms with Gasteiger partial charge in [-0.05, 0) is 19.1 Å². The Labute approximate surface area is 161 Å². The number of aryl methyl sites for hydroxylation is 1. The number of nitrogens with zero attached hydrogens (tertiary/aromatic N) is 1. The minimum atomic E-state index is -0.246. The van der Waals surface area contributed by atoms with Gasteiger partial charge in [0.15, 0.2) is 11.5 Å². The van der Waals surface area contributed by atoms with Crippen molar-refractivity contribution in [2.75, 3.05) is 18.5 Å². The summed E-state index contributed by atoms with van der Waals surface area (Å²) in [7, 11) is 0. The second kappa shape index (κ2) is 7.32. The van der Waals surface area contributed by atoms with Crippen LogP contribution in [0.25, 0.3) is 11.5 Å². The van der Waals surface area contributed by atoms with E-state index in [2.05, 4.69) is 10.3 Å². The highest BCUT2D eigenvalue weighted by Gasteiger charge is 2.18. The predicted molar refractivity (Wildman–Crippen MR) is 101 cm³/mol. The molecule has 7 heteroatoms. The van der Waals surface area contributed by atoms with Gasteiger partial charge in [0.05, 0.1) is 22.8 Å². The summed E-state index contributed by atoms with van der Waals surface area (Å²) in [5.74, 6) is 1.99. The number of nitrogens with one attached hydrogen (secondary N) is 1. The first-order valence-corrected chi connectivity index (χ1v) is 8.88. The zero-order chi connectivity index (χ0) is 18.8. The number of fused-ring (bicyclic) bond motifs is 1. The summed E-state index contributed by atoms with van der Waals surface area (Å²) in [5.41, 5.74) is 1.91. The first-order chi connectivity index (χ1) is 13.1. The highest BCUT2D eigenvalue weighted by Crippen LogP contribution is 2.38. The topological polar surface area (TPSA) is 73.6 Å². The van der Waals surface area contributed by atoms with Crippen LogP contribution in [0.3, 0.4) is 0 Å². The highest BCUT2D eigenvalue weighted by atomic mass is 35.5. The smallest absolute Gasteiger partial charge is 0.230 e. The van der Waals surface area contributed by atoms with Gasteiger partial charge in [0, 0.05) is 17.7 Å². The maximum atomic E-state index is 12.5. The number of carbonyl (C=O) groups excluding carboxylic acids is 1. The van der Waals surface area contributed by atoms with Crippen LogP contribution in [0.4, 0.5) is 5.69 Å². The van der Waals surface area contributed by atoms with Crippen LogP contribution in [-0.2, 0) is 11.2 Å². The van der Waals surface area contributed by atoms with Crippen molar-refractivity contribution in [2.24, 2.45) is 0 Å². The summed E-state index contributed by atoms with van der Waals surface area (Å²) in [6, 6.07) is 12.9. The molecule has 4 rings (SSSR count). The molecule has 1 N–H and O–H groups in total. The van der Waals surface area contributed by atoms with E-state index in [-0.39, 0.29) is 12.3 Å². The van der Waals surface area contributed by atoms with E-state index < -0.39 is 0 Å². The number of aromatic nitrogens is 1. The van der Waals surface area contributed by atoms with Crippen LogP contribution in [0.5, 0.6) is 11.5 Å². The number of rotatable bonds is 4. The second-order valence-corrected chi connectivity index (χ2v) is 6.50. The first kappa shape index (κ1) is 17.4. The van der Waals surface area contributed by atoms with Crippen molar-refractivity contribution in [3.8, 4) is 23.0 Å². The van der Waals surface area contributed by atoms with E-state index >= 15 is 0 Å².